The maximum Gasteiger partial charge on any atom is 0.259 e. The molecule has 0 spiro atoms. The van der Waals surface area contributed by atoms with E-state index in [0.29, 0.717) is 22.7 Å². The van der Waals surface area contributed by atoms with Crippen LogP contribution in [0.4, 0.5) is 10.2 Å². The Hall–Kier alpha value is -2.61. The van der Waals surface area contributed by atoms with Crippen molar-refractivity contribution in [3.05, 3.63) is 29.6 Å². The topological polar surface area (TPSA) is 79.6 Å². The Morgan fingerprint density at radius 3 is 2.77 bits per heavy atom. The Morgan fingerprint density at radius 1 is 1.38 bits per heavy atom. The largest absolute Gasteiger partial charge is 0.494 e. The van der Waals surface area contributed by atoms with Gasteiger partial charge in [0.15, 0.2) is 23.1 Å². The summed E-state index contributed by atoms with van der Waals surface area (Å²) in [6.45, 7) is 1.74. The lowest BCUT2D eigenvalue weighted by Gasteiger charge is -2.24. The van der Waals surface area contributed by atoms with Crippen molar-refractivity contribution in [3.63, 3.8) is 0 Å². The predicted molar refractivity (Wildman–Crippen MR) is 96.1 cm³/mol. The molecule has 8 heteroatoms. The molecule has 1 fully saturated rings. The van der Waals surface area contributed by atoms with Gasteiger partial charge in [-0.2, -0.15) is 0 Å². The van der Waals surface area contributed by atoms with Gasteiger partial charge in [0.05, 0.1) is 7.11 Å². The van der Waals surface area contributed by atoms with Crippen LogP contribution in [0.25, 0.3) is 11.3 Å². The highest BCUT2D eigenvalue weighted by molar-refractivity contribution is 6.04. The zero-order chi connectivity index (χ0) is 18.7. The van der Waals surface area contributed by atoms with Crippen molar-refractivity contribution in [2.75, 3.05) is 39.2 Å². The molecule has 2 heterocycles. The summed E-state index contributed by atoms with van der Waals surface area (Å²) in [5.74, 6) is 0.0626. The Balaban J connectivity index is 1.97. The number of hydrogen-bond donors (Lipinski definition) is 2. The number of amides is 1. The molecule has 1 saturated heterocycles. The molecule has 1 aromatic carbocycles. The van der Waals surface area contributed by atoms with E-state index in [-0.39, 0.29) is 17.7 Å². The molecule has 1 amide bonds. The zero-order valence-electron chi connectivity index (χ0n) is 15.1. The van der Waals surface area contributed by atoms with Crippen LogP contribution in [-0.2, 0) is 0 Å². The number of carbonyl (C=O) groups is 1. The van der Waals surface area contributed by atoms with Crippen LogP contribution in [0.1, 0.15) is 23.2 Å². The molecule has 140 valence electrons. The number of nitrogens with one attached hydrogen (secondary N) is 2. The van der Waals surface area contributed by atoms with E-state index in [4.69, 9.17) is 9.26 Å². The van der Waals surface area contributed by atoms with Crippen molar-refractivity contribution >= 4 is 11.7 Å². The lowest BCUT2D eigenvalue weighted by atomic mass is 10.0. The fourth-order valence-corrected chi connectivity index (χ4v) is 3.01. The Kier molecular flexibility index (Phi) is 5.41. The maximum absolute atomic E-state index is 13.7. The van der Waals surface area contributed by atoms with Crippen molar-refractivity contribution in [3.8, 4) is 17.1 Å². The fraction of sp³-hybridized carbons (Fsp3) is 0.444. The predicted octanol–water partition coefficient (Wildman–Crippen LogP) is 2.04. The highest BCUT2D eigenvalue weighted by Crippen LogP contribution is 2.33. The van der Waals surface area contributed by atoms with Crippen molar-refractivity contribution in [2.24, 2.45) is 0 Å². The molecule has 1 aromatic heterocycles. The fourth-order valence-electron chi connectivity index (χ4n) is 3.01. The molecule has 0 saturated carbocycles. The minimum atomic E-state index is -0.482. The Morgan fingerprint density at radius 2 is 2.12 bits per heavy atom. The molecule has 0 aliphatic carbocycles. The molecular weight excluding hydrogens is 339 g/mol. The number of ether oxygens (including phenoxy) is 1. The SMILES string of the molecule is COc1cc(-c2onc(N(C)C)c2C(=O)NC2CCNCC2)ccc1F. The van der Waals surface area contributed by atoms with Gasteiger partial charge in [-0.15, -0.1) is 0 Å². The third kappa shape index (κ3) is 3.65. The highest BCUT2D eigenvalue weighted by atomic mass is 19.1. The standard InChI is InChI=1S/C18H23FN4O3/c1-23(2)17-15(18(24)21-12-6-8-20-9-7-12)16(26-22-17)11-4-5-13(19)14(10-11)25-3/h4-5,10,12,20H,6-9H2,1-3H3,(H,21,24). The molecule has 1 aliphatic rings. The van der Waals surface area contributed by atoms with Crippen molar-refractivity contribution in [1.29, 1.82) is 0 Å². The van der Waals surface area contributed by atoms with Crippen molar-refractivity contribution in [1.82, 2.24) is 15.8 Å². The second-order valence-corrected chi connectivity index (χ2v) is 6.45. The van der Waals surface area contributed by atoms with Gasteiger partial charge in [0, 0.05) is 25.7 Å². The third-order valence-electron chi connectivity index (χ3n) is 4.41. The van der Waals surface area contributed by atoms with Crippen molar-refractivity contribution < 1.29 is 18.4 Å². The molecule has 3 rings (SSSR count). The molecule has 0 bridgehead atoms. The van der Waals surface area contributed by atoms with Crippen LogP contribution >= 0.6 is 0 Å². The van der Waals surface area contributed by atoms with E-state index in [9.17, 15) is 9.18 Å². The van der Waals surface area contributed by atoms with Gasteiger partial charge < -0.3 is 24.8 Å². The van der Waals surface area contributed by atoms with Crippen LogP contribution < -0.4 is 20.3 Å². The number of anilines is 1. The van der Waals surface area contributed by atoms with Gasteiger partial charge in [-0.3, -0.25) is 4.79 Å². The molecule has 7 nitrogen and oxygen atoms in total. The molecule has 2 N–H and O–H groups in total. The summed E-state index contributed by atoms with van der Waals surface area (Å²) in [4.78, 5) is 14.7. The number of methoxy groups -OCH3 is 1. The number of carbonyl (C=O) groups excluding carboxylic acids is 1. The normalized spacial score (nSPS) is 14.9. The lowest BCUT2D eigenvalue weighted by molar-refractivity contribution is 0.0930. The van der Waals surface area contributed by atoms with Crippen LogP contribution in [0, 0.1) is 5.82 Å². The second kappa shape index (κ2) is 7.74. The van der Waals surface area contributed by atoms with Gasteiger partial charge in [0.2, 0.25) is 0 Å². The van der Waals surface area contributed by atoms with E-state index in [0.717, 1.165) is 25.9 Å². The summed E-state index contributed by atoms with van der Waals surface area (Å²) in [6, 6.07) is 4.42. The first-order chi connectivity index (χ1) is 12.5. The summed E-state index contributed by atoms with van der Waals surface area (Å²) in [5.41, 5.74) is 0.863. The minimum Gasteiger partial charge on any atom is -0.494 e. The average molecular weight is 362 g/mol. The van der Waals surface area contributed by atoms with Crippen LogP contribution in [0.5, 0.6) is 5.75 Å². The van der Waals surface area contributed by atoms with E-state index in [1.54, 1.807) is 25.1 Å². The van der Waals surface area contributed by atoms with Gasteiger partial charge in [0.25, 0.3) is 5.91 Å². The summed E-state index contributed by atoms with van der Waals surface area (Å²) in [6.07, 6.45) is 1.74. The number of halogens is 1. The number of benzene rings is 1. The van der Waals surface area contributed by atoms with Crippen LogP contribution in [-0.4, -0.2) is 51.4 Å². The molecule has 0 atom stereocenters. The monoisotopic (exact) mass is 362 g/mol. The second-order valence-electron chi connectivity index (χ2n) is 6.45. The van der Waals surface area contributed by atoms with Crippen LogP contribution in [0.15, 0.2) is 22.7 Å². The number of rotatable bonds is 5. The van der Waals surface area contributed by atoms with Gasteiger partial charge >= 0.3 is 0 Å². The summed E-state index contributed by atoms with van der Waals surface area (Å²) >= 11 is 0. The van der Waals surface area contributed by atoms with Gasteiger partial charge in [-0.05, 0) is 44.1 Å². The quantitative estimate of drug-likeness (QED) is 0.847. The number of hydrogen-bond acceptors (Lipinski definition) is 6. The maximum atomic E-state index is 13.7. The summed E-state index contributed by atoms with van der Waals surface area (Å²) in [7, 11) is 4.96. The molecule has 1 aliphatic heterocycles. The lowest BCUT2D eigenvalue weighted by Crippen LogP contribution is -2.43. The zero-order valence-corrected chi connectivity index (χ0v) is 15.1. The Bertz CT molecular complexity index is 785. The highest BCUT2D eigenvalue weighted by Gasteiger charge is 2.28. The van der Waals surface area contributed by atoms with E-state index in [2.05, 4.69) is 15.8 Å². The van der Waals surface area contributed by atoms with Gasteiger partial charge in [-0.1, -0.05) is 5.16 Å². The Labute approximate surface area is 151 Å². The average Bonchev–Trinajstić information content (AvgIpc) is 3.08. The van der Waals surface area contributed by atoms with E-state index in [1.807, 2.05) is 0 Å². The van der Waals surface area contributed by atoms with Gasteiger partial charge in [-0.25, -0.2) is 4.39 Å². The number of piperidine rings is 1. The van der Waals surface area contributed by atoms with E-state index >= 15 is 0 Å². The van der Waals surface area contributed by atoms with E-state index in [1.165, 1.54) is 19.2 Å². The smallest absolute Gasteiger partial charge is 0.259 e. The summed E-state index contributed by atoms with van der Waals surface area (Å²) in [5, 5.41) is 10.4. The molecular formula is C18H23FN4O3. The molecule has 2 aromatic rings. The van der Waals surface area contributed by atoms with Crippen LogP contribution in [0.3, 0.4) is 0 Å². The third-order valence-corrected chi connectivity index (χ3v) is 4.41. The summed E-state index contributed by atoms with van der Waals surface area (Å²) < 4.78 is 24.2. The van der Waals surface area contributed by atoms with Gasteiger partial charge in [0.1, 0.15) is 5.56 Å². The first kappa shape index (κ1) is 18.2. The number of nitrogens with zero attached hydrogens (tertiary/aromatic N) is 2. The number of aromatic nitrogens is 1. The molecule has 0 unspecified atom stereocenters. The first-order valence-electron chi connectivity index (χ1n) is 8.53. The molecule has 26 heavy (non-hydrogen) atoms. The minimum absolute atomic E-state index is 0.0787. The van der Waals surface area contributed by atoms with Crippen LogP contribution in [0.2, 0.25) is 0 Å². The van der Waals surface area contributed by atoms with Crippen molar-refractivity contribution in [2.45, 2.75) is 18.9 Å². The van der Waals surface area contributed by atoms with E-state index < -0.39 is 5.82 Å². The first-order valence-corrected chi connectivity index (χ1v) is 8.53. The molecule has 0 radical (unpaired) electrons.